The summed E-state index contributed by atoms with van der Waals surface area (Å²) in [5, 5.41) is 0. The maximum atomic E-state index is 12.1. The average Bonchev–Trinajstić information content (AvgIpc) is 2.45. The normalized spacial score (nSPS) is 12.1. The van der Waals surface area contributed by atoms with E-state index in [4.69, 9.17) is 0 Å². The topological polar surface area (TPSA) is 55.4 Å². The minimum atomic E-state index is -4.79. The fourth-order valence-corrected chi connectivity index (χ4v) is 2.75. The molecule has 0 aliphatic carbocycles. The van der Waals surface area contributed by atoms with E-state index in [9.17, 15) is 21.6 Å². The van der Waals surface area contributed by atoms with E-state index in [0.717, 1.165) is 12.1 Å². The first kappa shape index (κ1) is 16.3. The van der Waals surface area contributed by atoms with Gasteiger partial charge in [-0.1, -0.05) is 30.3 Å². The summed E-state index contributed by atoms with van der Waals surface area (Å²) in [5.74, 6) is -0.399. The molecule has 0 spiro atoms. The van der Waals surface area contributed by atoms with E-state index in [2.05, 4.69) is 9.46 Å². The molecule has 0 fully saturated rings. The zero-order chi connectivity index (χ0) is 16.2. The number of alkyl halides is 3. The van der Waals surface area contributed by atoms with Gasteiger partial charge in [0.15, 0.2) is 0 Å². The van der Waals surface area contributed by atoms with Gasteiger partial charge in [0.2, 0.25) is 10.0 Å². The van der Waals surface area contributed by atoms with Crippen LogP contribution in [-0.2, 0) is 16.6 Å². The molecule has 4 nitrogen and oxygen atoms in total. The SMILES string of the molecule is O=S(=O)(NCc1cccc(OC(F)(F)F)c1)c1ccccc1. The van der Waals surface area contributed by atoms with Gasteiger partial charge in [-0.3, -0.25) is 0 Å². The van der Waals surface area contributed by atoms with Crippen molar-refractivity contribution >= 4 is 10.0 Å². The molecule has 2 aromatic carbocycles. The molecule has 118 valence electrons. The second kappa shape index (κ2) is 6.37. The minimum absolute atomic E-state index is 0.0812. The number of benzene rings is 2. The molecule has 0 radical (unpaired) electrons. The Kier molecular flexibility index (Phi) is 4.72. The van der Waals surface area contributed by atoms with E-state index in [-0.39, 0.29) is 11.4 Å². The maximum absolute atomic E-state index is 12.1. The maximum Gasteiger partial charge on any atom is 0.573 e. The van der Waals surface area contributed by atoms with Crippen LogP contribution in [0, 0.1) is 0 Å². The number of ether oxygens (including phenoxy) is 1. The summed E-state index contributed by atoms with van der Waals surface area (Å²) in [4.78, 5) is 0.0812. The van der Waals surface area contributed by atoms with Crippen molar-refractivity contribution in [3.8, 4) is 5.75 Å². The van der Waals surface area contributed by atoms with Gasteiger partial charge in [0, 0.05) is 6.54 Å². The highest BCUT2D eigenvalue weighted by atomic mass is 32.2. The van der Waals surface area contributed by atoms with Crippen molar-refractivity contribution in [3.05, 3.63) is 60.2 Å². The van der Waals surface area contributed by atoms with Crippen molar-refractivity contribution in [3.63, 3.8) is 0 Å². The van der Waals surface area contributed by atoms with Gasteiger partial charge in [-0.2, -0.15) is 0 Å². The third-order valence-electron chi connectivity index (χ3n) is 2.65. The number of hydrogen-bond donors (Lipinski definition) is 1. The van der Waals surface area contributed by atoms with E-state index in [1.165, 1.54) is 24.3 Å². The van der Waals surface area contributed by atoms with E-state index in [0.29, 0.717) is 5.56 Å². The Labute approximate surface area is 125 Å². The lowest BCUT2D eigenvalue weighted by Crippen LogP contribution is -2.23. The predicted octanol–water partition coefficient (Wildman–Crippen LogP) is 3.06. The summed E-state index contributed by atoms with van der Waals surface area (Å²) >= 11 is 0. The van der Waals surface area contributed by atoms with Crippen molar-refractivity contribution in [1.82, 2.24) is 4.72 Å². The Hall–Kier alpha value is -2.06. The lowest BCUT2D eigenvalue weighted by molar-refractivity contribution is -0.274. The van der Waals surface area contributed by atoms with E-state index >= 15 is 0 Å². The molecule has 8 heteroatoms. The zero-order valence-electron chi connectivity index (χ0n) is 11.2. The second-order valence-electron chi connectivity index (χ2n) is 4.33. The molecule has 1 N–H and O–H groups in total. The van der Waals surface area contributed by atoms with Crippen molar-refractivity contribution in [2.75, 3.05) is 0 Å². The average molecular weight is 331 g/mol. The summed E-state index contributed by atoms with van der Waals surface area (Å²) in [6, 6.07) is 12.8. The van der Waals surface area contributed by atoms with Gasteiger partial charge in [-0.25, -0.2) is 13.1 Å². The fraction of sp³-hybridized carbons (Fsp3) is 0.143. The van der Waals surface area contributed by atoms with Crippen molar-refractivity contribution in [2.45, 2.75) is 17.8 Å². The van der Waals surface area contributed by atoms with Gasteiger partial charge in [0.25, 0.3) is 0 Å². The van der Waals surface area contributed by atoms with Gasteiger partial charge < -0.3 is 4.74 Å². The molecule has 22 heavy (non-hydrogen) atoms. The molecular formula is C14H12F3NO3S. The van der Waals surface area contributed by atoms with Gasteiger partial charge in [-0.15, -0.1) is 13.2 Å². The molecular weight excluding hydrogens is 319 g/mol. The van der Waals surface area contributed by atoms with Crippen molar-refractivity contribution < 1.29 is 26.3 Å². The molecule has 0 saturated carbocycles. The number of nitrogens with one attached hydrogen (secondary N) is 1. The lowest BCUT2D eigenvalue weighted by atomic mass is 10.2. The summed E-state index contributed by atoms with van der Waals surface area (Å²) < 4.78 is 66.5. The second-order valence-corrected chi connectivity index (χ2v) is 6.10. The highest BCUT2D eigenvalue weighted by Gasteiger charge is 2.31. The number of sulfonamides is 1. The van der Waals surface area contributed by atoms with Crippen LogP contribution in [0.4, 0.5) is 13.2 Å². The third-order valence-corrected chi connectivity index (χ3v) is 4.07. The Bertz CT molecular complexity index is 730. The molecule has 0 atom stereocenters. The van der Waals surface area contributed by atoms with Crippen molar-refractivity contribution in [1.29, 1.82) is 0 Å². The van der Waals surface area contributed by atoms with Crippen LogP contribution in [0.5, 0.6) is 5.75 Å². The molecule has 0 aliphatic heterocycles. The van der Waals surface area contributed by atoms with Gasteiger partial charge in [0.05, 0.1) is 4.90 Å². The first-order valence-corrected chi connectivity index (χ1v) is 7.64. The molecule has 2 aromatic rings. The van der Waals surface area contributed by atoms with Gasteiger partial charge in [0.1, 0.15) is 5.75 Å². The smallest absolute Gasteiger partial charge is 0.406 e. The predicted molar refractivity (Wildman–Crippen MR) is 73.6 cm³/mol. The van der Waals surface area contributed by atoms with E-state index in [1.807, 2.05) is 0 Å². The Morgan fingerprint density at radius 3 is 2.32 bits per heavy atom. The summed E-state index contributed by atoms with van der Waals surface area (Å²) in [7, 11) is -3.72. The van der Waals surface area contributed by atoms with E-state index in [1.54, 1.807) is 18.2 Å². The molecule has 0 amide bonds. The third kappa shape index (κ3) is 4.74. The number of halogens is 3. The number of rotatable bonds is 5. The van der Waals surface area contributed by atoms with Crippen LogP contribution in [0.25, 0.3) is 0 Å². The van der Waals surface area contributed by atoms with Crippen LogP contribution >= 0.6 is 0 Å². The first-order chi connectivity index (χ1) is 10.3. The number of hydrogen-bond acceptors (Lipinski definition) is 3. The fourth-order valence-electron chi connectivity index (χ4n) is 1.71. The molecule has 0 aromatic heterocycles. The molecule has 0 unspecified atom stereocenters. The van der Waals surface area contributed by atoms with Crippen LogP contribution in [0.2, 0.25) is 0 Å². The Morgan fingerprint density at radius 2 is 1.68 bits per heavy atom. The largest absolute Gasteiger partial charge is 0.573 e. The van der Waals surface area contributed by atoms with E-state index < -0.39 is 22.1 Å². The van der Waals surface area contributed by atoms with Gasteiger partial charge in [-0.05, 0) is 29.8 Å². The molecule has 0 heterocycles. The van der Waals surface area contributed by atoms with Crippen LogP contribution in [-0.4, -0.2) is 14.8 Å². The van der Waals surface area contributed by atoms with Crippen LogP contribution in [0.1, 0.15) is 5.56 Å². The quantitative estimate of drug-likeness (QED) is 0.916. The highest BCUT2D eigenvalue weighted by molar-refractivity contribution is 7.89. The van der Waals surface area contributed by atoms with Crippen LogP contribution in [0.15, 0.2) is 59.5 Å². The standard InChI is InChI=1S/C14H12F3NO3S/c15-14(16,17)21-12-6-4-5-11(9-12)10-18-22(19,20)13-7-2-1-3-8-13/h1-9,18H,10H2. The molecule has 0 bridgehead atoms. The summed E-state index contributed by atoms with van der Waals surface area (Å²) in [6.45, 7) is -0.147. The minimum Gasteiger partial charge on any atom is -0.406 e. The summed E-state index contributed by atoms with van der Waals surface area (Å²) in [6.07, 6.45) is -4.79. The first-order valence-electron chi connectivity index (χ1n) is 6.16. The van der Waals surface area contributed by atoms with Crippen molar-refractivity contribution in [2.24, 2.45) is 0 Å². The molecule has 2 rings (SSSR count). The Balaban J connectivity index is 2.07. The van der Waals surface area contributed by atoms with Crippen LogP contribution in [0.3, 0.4) is 0 Å². The molecule has 0 saturated heterocycles. The monoisotopic (exact) mass is 331 g/mol. The van der Waals surface area contributed by atoms with Gasteiger partial charge >= 0.3 is 6.36 Å². The lowest BCUT2D eigenvalue weighted by Gasteiger charge is -2.11. The summed E-state index contributed by atoms with van der Waals surface area (Å²) in [5.41, 5.74) is 0.348. The molecule has 0 aliphatic rings. The zero-order valence-corrected chi connectivity index (χ0v) is 12.0. The highest BCUT2D eigenvalue weighted by Crippen LogP contribution is 2.23. The Morgan fingerprint density at radius 1 is 1.00 bits per heavy atom. The van der Waals surface area contributed by atoms with Crippen LogP contribution < -0.4 is 9.46 Å².